The Morgan fingerprint density at radius 2 is 1.69 bits per heavy atom. The largest absolute Gasteiger partial charge is 0.480 e. The van der Waals surface area contributed by atoms with Crippen LogP contribution in [-0.2, 0) is 14.6 Å². The first-order valence-electron chi connectivity index (χ1n) is 9.03. The van der Waals surface area contributed by atoms with Crippen molar-refractivity contribution in [3.63, 3.8) is 0 Å². The summed E-state index contributed by atoms with van der Waals surface area (Å²) >= 11 is 0. The third kappa shape index (κ3) is 6.83. The van der Waals surface area contributed by atoms with E-state index in [-0.39, 0.29) is 23.5 Å². The van der Waals surface area contributed by atoms with E-state index in [9.17, 15) is 23.1 Å². The van der Waals surface area contributed by atoms with Gasteiger partial charge in [-0.05, 0) is 50.6 Å². The summed E-state index contributed by atoms with van der Waals surface area (Å²) in [5, 5.41) is 14.7. The number of nitrogens with one attached hydrogen (secondary N) is 2. The zero-order valence-corrected chi connectivity index (χ0v) is 17.3. The van der Waals surface area contributed by atoms with Crippen LogP contribution >= 0.6 is 0 Å². The third-order valence-electron chi connectivity index (χ3n) is 4.15. The van der Waals surface area contributed by atoms with Gasteiger partial charge in [0.1, 0.15) is 15.9 Å². The smallest absolute Gasteiger partial charge is 0.326 e. The molecule has 9 nitrogen and oxygen atoms in total. The molecule has 1 aromatic carbocycles. The highest BCUT2D eigenvalue weighted by atomic mass is 32.2. The van der Waals surface area contributed by atoms with Crippen molar-refractivity contribution in [3.8, 4) is 0 Å². The van der Waals surface area contributed by atoms with Gasteiger partial charge in [-0.15, -0.1) is 0 Å². The van der Waals surface area contributed by atoms with Gasteiger partial charge in [-0.25, -0.2) is 23.2 Å². The van der Waals surface area contributed by atoms with Crippen LogP contribution in [0.5, 0.6) is 0 Å². The Morgan fingerprint density at radius 1 is 1.10 bits per heavy atom. The number of aliphatic carboxylic acids is 1. The van der Waals surface area contributed by atoms with E-state index in [1.54, 1.807) is 12.1 Å². The molecule has 0 fully saturated rings. The van der Waals surface area contributed by atoms with Crippen LogP contribution in [0.2, 0.25) is 0 Å². The number of carboxylic acid groups (broad SMARTS) is 1. The van der Waals surface area contributed by atoms with Crippen molar-refractivity contribution in [2.24, 2.45) is 0 Å². The molecule has 0 radical (unpaired) electrons. The second-order valence-corrected chi connectivity index (χ2v) is 9.04. The molecule has 0 aliphatic heterocycles. The highest BCUT2D eigenvalue weighted by Crippen LogP contribution is 2.15. The molecule has 156 valence electrons. The number of amides is 1. The Kier molecular flexibility index (Phi) is 7.27. The summed E-state index contributed by atoms with van der Waals surface area (Å²) in [6.45, 7) is 5.21. The van der Waals surface area contributed by atoms with Crippen molar-refractivity contribution in [1.29, 1.82) is 0 Å². The molecule has 10 heteroatoms. The fourth-order valence-corrected chi connectivity index (χ4v) is 3.44. The summed E-state index contributed by atoms with van der Waals surface area (Å²) in [6.07, 6.45) is -0.194. The van der Waals surface area contributed by atoms with Gasteiger partial charge in [0.15, 0.2) is 0 Å². The van der Waals surface area contributed by atoms with Crippen molar-refractivity contribution in [3.05, 3.63) is 47.3 Å². The standard InChI is InChI=1S/C19H24N4O5S/c1-4-29(27,28)10-9-16(18(25)26)23-17(24)14-5-7-15(8-6-14)22-19-20-12(2)11-13(3)21-19/h5-8,11,16H,4,9-10H2,1-3H3,(H,23,24)(H,25,26)(H,20,21,22). The first-order chi connectivity index (χ1) is 13.6. The van der Waals surface area contributed by atoms with Gasteiger partial charge in [-0.1, -0.05) is 6.92 Å². The molecule has 3 N–H and O–H groups in total. The Hall–Kier alpha value is -3.01. The lowest BCUT2D eigenvalue weighted by Gasteiger charge is -2.14. The summed E-state index contributed by atoms with van der Waals surface area (Å²) in [6, 6.07) is 6.92. The minimum atomic E-state index is -3.32. The molecule has 1 amide bonds. The van der Waals surface area contributed by atoms with Crippen molar-refractivity contribution in [1.82, 2.24) is 15.3 Å². The fourth-order valence-electron chi connectivity index (χ4n) is 2.56. The van der Waals surface area contributed by atoms with Crippen LogP contribution < -0.4 is 10.6 Å². The maximum atomic E-state index is 12.3. The molecular formula is C19H24N4O5S. The zero-order chi connectivity index (χ0) is 21.6. The monoisotopic (exact) mass is 420 g/mol. The van der Waals surface area contributed by atoms with Crippen molar-refractivity contribution >= 4 is 33.3 Å². The van der Waals surface area contributed by atoms with Crippen molar-refractivity contribution in [2.75, 3.05) is 16.8 Å². The number of aromatic nitrogens is 2. The van der Waals surface area contributed by atoms with E-state index in [4.69, 9.17) is 0 Å². The second kappa shape index (κ2) is 9.46. The van der Waals surface area contributed by atoms with Crippen LogP contribution in [-0.4, -0.2) is 52.9 Å². The van der Waals surface area contributed by atoms with Crippen molar-refractivity contribution in [2.45, 2.75) is 33.2 Å². The molecular weight excluding hydrogens is 396 g/mol. The normalized spacial score (nSPS) is 12.2. The van der Waals surface area contributed by atoms with Gasteiger partial charge < -0.3 is 15.7 Å². The van der Waals surface area contributed by atoms with E-state index in [1.165, 1.54) is 19.1 Å². The van der Waals surface area contributed by atoms with Crippen LogP contribution in [0.4, 0.5) is 11.6 Å². The zero-order valence-electron chi connectivity index (χ0n) is 16.5. The maximum Gasteiger partial charge on any atom is 0.326 e. The molecule has 0 spiro atoms. The summed E-state index contributed by atoms with van der Waals surface area (Å²) in [4.78, 5) is 32.2. The lowest BCUT2D eigenvalue weighted by molar-refractivity contribution is -0.139. The Morgan fingerprint density at radius 3 is 2.21 bits per heavy atom. The number of nitrogens with zero attached hydrogens (tertiary/aromatic N) is 2. The lowest BCUT2D eigenvalue weighted by atomic mass is 10.1. The maximum absolute atomic E-state index is 12.3. The average molecular weight is 420 g/mol. The number of anilines is 2. The molecule has 2 rings (SSSR count). The first kappa shape index (κ1) is 22.3. The molecule has 0 aliphatic rings. The number of hydrogen-bond acceptors (Lipinski definition) is 7. The second-order valence-electron chi connectivity index (χ2n) is 6.57. The molecule has 0 saturated heterocycles. The number of carboxylic acids is 1. The first-order valence-corrected chi connectivity index (χ1v) is 10.8. The molecule has 0 bridgehead atoms. The molecule has 1 aromatic heterocycles. The highest BCUT2D eigenvalue weighted by molar-refractivity contribution is 7.91. The number of hydrogen-bond donors (Lipinski definition) is 3. The van der Waals surface area contributed by atoms with Crippen LogP contribution in [0.15, 0.2) is 30.3 Å². The van der Waals surface area contributed by atoms with Gasteiger partial charge in [0, 0.05) is 28.4 Å². The van der Waals surface area contributed by atoms with Crippen LogP contribution in [0.1, 0.15) is 35.1 Å². The number of rotatable bonds is 9. The van der Waals surface area contributed by atoms with E-state index in [1.807, 2.05) is 19.9 Å². The molecule has 2 aromatic rings. The summed E-state index contributed by atoms with van der Waals surface area (Å²) in [5.74, 6) is -1.83. The Labute approximate surface area is 169 Å². The van der Waals surface area contributed by atoms with Gasteiger partial charge in [-0.3, -0.25) is 4.79 Å². The minimum absolute atomic E-state index is 0.0775. The van der Waals surface area contributed by atoms with Gasteiger partial charge in [0.05, 0.1) is 5.75 Å². The van der Waals surface area contributed by atoms with Crippen molar-refractivity contribution < 1.29 is 23.1 Å². The van der Waals surface area contributed by atoms with Crippen LogP contribution in [0, 0.1) is 13.8 Å². The molecule has 1 atom stereocenters. The molecule has 0 aliphatic carbocycles. The van der Waals surface area contributed by atoms with Crippen LogP contribution in [0.3, 0.4) is 0 Å². The number of carbonyl (C=O) groups is 2. The van der Waals surface area contributed by atoms with Crippen LogP contribution in [0.25, 0.3) is 0 Å². The Bertz CT molecular complexity index is 970. The molecule has 0 saturated carbocycles. The number of carbonyl (C=O) groups excluding carboxylic acids is 1. The van der Waals surface area contributed by atoms with E-state index in [2.05, 4.69) is 20.6 Å². The van der Waals surface area contributed by atoms with Gasteiger partial charge in [0.2, 0.25) is 5.95 Å². The van der Waals surface area contributed by atoms with Gasteiger partial charge >= 0.3 is 5.97 Å². The number of benzene rings is 1. The van der Waals surface area contributed by atoms with E-state index >= 15 is 0 Å². The van der Waals surface area contributed by atoms with E-state index < -0.39 is 27.8 Å². The predicted molar refractivity (Wildman–Crippen MR) is 109 cm³/mol. The molecule has 1 heterocycles. The third-order valence-corrected chi connectivity index (χ3v) is 5.88. The lowest BCUT2D eigenvalue weighted by Crippen LogP contribution is -2.42. The highest BCUT2D eigenvalue weighted by Gasteiger charge is 2.23. The summed E-state index contributed by atoms with van der Waals surface area (Å²) < 4.78 is 23.2. The van der Waals surface area contributed by atoms with Gasteiger partial charge in [0.25, 0.3) is 5.91 Å². The number of aryl methyl sites for hydroxylation is 2. The average Bonchev–Trinajstić information content (AvgIpc) is 2.64. The molecule has 29 heavy (non-hydrogen) atoms. The SMILES string of the molecule is CCS(=O)(=O)CCC(NC(=O)c1ccc(Nc2nc(C)cc(C)n2)cc1)C(=O)O. The quantitative estimate of drug-likeness (QED) is 0.559. The summed E-state index contributed by atoms with van der Waals surface area (Å²) in [7, 11) is -3.32. The predicted octanol–water partition coefficient (Wildman–Crippen LogP) is 1.84. The summed E-state index contributed by atoms with van der Waals surface area (Å²) in [5.41, 5.74) is 2.55. The van der Waals surface area contributed by atoms with Gasteiger partial charge in [-0.2, -0.15) is 0 Å². The van der Waals surface area contributed by atoms with E-state index in [0.717, 1.165) is 11.4 Å². The molecule has 1 unspecified atom stereocenters. The number of sulfone groups is 1. The topological polar surface area (TPSA) is 138 Å². The van der Waals surface area contributed by atoms with E-state index in [0.29, 0.717) is 11.6 Å². The Balaban J connectivity index is 2.03. The fraction of sp³-hybridized carbons (Fsp3) is 0.368. The minimum Gasteiger partial charge on any atom is -0.480 e.